The molecule has 0 atom stereocenters. The van der Waals surface area contributed by atoms with Gasteiger partial charge in [-0.25, -0.2) is 4.39 Å². The molecule has 1 heterocycles. The third-order valence-corrected chi connectivity index (χ3v) is 3.20. The van der Waals surface area contributed by atoms with Crippen LogP contribution in [0.3, 0.4) is 0 Å². The fourth-order valence-corrected chi connectivity index (χ4v) is 2.08. The highest BCUT2D eigenvalue weighted by atomic mass is 19.1. The summed E-state index contributed by atoms with van der Waals surface area (Å²) < 4.78 is 23.9. The molecule has 0 saturated heterocycles. The van der Waals surface area contributed by atoms with E-state index in [4.69, 9.17) is 9.15 Å². The molecule has 0 saturated carbocycles. The van der Waals surface area contributed by atoms with Crippen LogP contribution in [0.25, 0.3) is 0 Å². The van der Waals surface area contributed by atoms with Gasteiger partial charge in [-0.05, 0) is 39.0 Å². The van der Waals surface area contributed by atoms with Crippen LogP contribution in [0.5, 0.6) is 5.75 Å². The van der Waals surface area contributed by atoms with Gasteiger partial charge < -0.3 is 9.15 Å². The summed E-state index contributed by atoms with van der Waals surface area (Å²) in [5.74, 6) is 0.580. The summed E-state index contributed by atoms with van der Waals surface area (Å²) >= 11 is 0. The van der Waals surface area contributed by atoms with Crippen molar-refractivity contribution in [1.29, 1.82) is 0 Å². The van der Waals surface area contributed by atoms with Crippen molar-refractivity contribution in [2.24, 2.45) is 0 Å². The van der Waals surface area contributed by atoms with Gasteiger partial charge in [-0.2, -0.15) is 0 Å². The summed E-state index contributed by atoms with van der Waals surface area (Å²) in [4.78, 5) is 12.4. The molecule has 2 rings (SSSR count). The van der Waals surface area contributed by atoms with Crippen LogP contribution in [0.15, 0.2) is 22.6 Å². The monoisotopic (exact) mass is 262 g/mol. The third-order valence-electron chi connectivity index (χ3n) is 3.20. The first-order valence-corrected chi connectivity index (χ1v) is 5.90. The molecule has 0 aliphatic carbocycles. The number of hydrogen-bond acceptors (Lipinski definition) is 3. The Balaban J connectivity index is 2.47. The highest BCUT2D eigenvalue weighted by Crippen LogP contribution is 2.25. The summed E-state index contributed by atoms with van der Waals surface area (Å²) in [5.41, 5.74) is 1.58. The summed E-state index contributed by atoms with van der Waals surface area (Å²) in [6.07, 6.45) is 0. The lowest BCUT2D eigenvalue weighted by molar-refractivity contribution is 0.103. The Kier molecular flexibility index (Phi) is 3.42. The number of hydrogen-bond donors (Lipinski definition) is 0. The molecule has 0 spiro atoms. The maximum atomic E-state index is 13.6. The van der Waals surface area contributed by atoms with Crippen LogP contribution < -0.4 is 4.74 Å². The molecule has 0 aliphatic rings. The lowest BCUT2D eigenvalue weighted by atomic mass is 9.99. The quantitative estimate of drug-likeness (QED) is 0.794. The SMILES string of the molecule is COc1ccc(C(=O)c2c(C)oc(C)c2C)cc1F. The van der Waals surface area contributed by atoms with Crippen LogP contribution >= 0.6 is 0 Å². The van der Waals surface area contributed by atoms with Gasteiger partial charge in [-0.15, -0.1) is 0 Å². The number of ketones is 1. The first-order valence-electron chi connectivity index (χ1n) is 5.90. The van der Waals surface area contributed by atoms with Crippen molar-refractivity contribution in [2.75, 3.05) is 7.11 Å². The van der Waals surface area contributed by atoms with Crippen molar-refractivity contribution in [3.05, 3.63) is 52.2 Å². The van der Waals surface area contributed by atoms with E-state index in [1.165, 1.54) is 19.2 Å². The second-order valence-corrected chi connectivity index (χ2v) is 4.39. The Morgan fingerprint density at radius 3 is 2.37 bits per heavy atom. The number of carbonyl (C=O) groups is 1. The molecule has 1 aromatic heterocycles. The van der Waals surface area contributed by atoms with Gasteiger partial charge in [0.15, 0.2) is 17.3 Å². The van der Waals surface area contributed by atoms with E-state index in [9.17, 15) is 9.18 Å². The standard InChI is InChI=1S/C15H15FO3/c1-8-9(2)19-10(3)14(8)15(17)11-5-6-13(18-4)12(16)7-11/h5-7H,1-4H3. The first-order chi connectivity index (χ1) is 8.95. The summed E-state index contributed by atoms with van der Waals surface area (Å²) in [6.45, 7) is 5.35. The number of benzene rings is 1. The van der Waals surface area contributed by atoms with E-state index in [1.54, 1.807) is 19.9 Å². The normalized spacial score (nSPS) is 10.6. The van der Waals surface area contributed by atoms with Gasteiger partial charge in [-0.1, -0.05) is 0 Å². The van der Waals surface area contributed by atoms with Crippen molar-refractivity contribution in [3.63, 3.8) is 0 Å². The van der Waals surface area contributed by atoms with E-state index in [2.05, 4.69) is 0 Å². The highest BCUT2D eigenvalue weighted by molar-refractivity contribution is 6.10. The second-order valence-electron chi connectivity index (χ2n) is 4.39. The molecule has 0 radical (unpaired) electrons. The molecule has 0 bridgehead atoms. The summed E-state index contributed by atoms with van der Waals surface area (Å²) in [7, 11) is 1.38. The van der Waals surface area contributed by atoms with Gasteiger partial charge in [0, 0.05) is 11.1 Å². The van der Waals surface area contributed by atoms with Crippen LogP contribution in [-0.4, -0.2) is 12.9 Å². The molecule has 100 valence electrons. The predicted octanol–water partition coefficient (Wildman–Crippen LogP) is 3.58. The average Bonchev–Trinajstić information content (AvgIpc) is 2.62. The number of ether oxygens (including phenoxy) is 1. The zero-order chi connectivity index (χ0) is 14.2. The molecular formula is C15H15FO3. The minimum Gasteiger partial charge on any atom is -0.494 e. The Labute approximate surface area is 111 Å². The topological polar surface area (TPSA) is 39.4 Å². The largest absolute Gasteiger partial charge is 0.494 e. The van der Waals surface area contributed by atoms with Crippen molar-refractivity contribution in [3.8, 4) is 5.75 Å². The van der Waals surface area contributed by atoms with Crippen LogP contribution in [0.2, 0.25) is 0 Å². The number of carbonyl (C=O) groups excluding carboxylic acids is 1. The molecule has 0 aliphatic heterocycles. The molecule has 4 heteroatoms. The zero-order valence-corrected chi connectivity index (χ0v) is 11.3. The van der Waals surface area contributed by atoms with E-state index in [1.807, 2.05) is 6.92 Å². The Bertz CT molecular complexity index is 641. The van der Waals surface area contributed by atoms with Crippen molar-refractivity contribution >= 4 is 5.78 Å². The van der Waals surface area contributed by atoms with E-state index >= 15 is 0 Å². The number of halogens is 1. The van der Waals surface area contributed by atoms with Gasteiger partial charge >= 0.3 is 0 Å². The van der Waals surface area contributed by atoms with Gasteiger partial charge in [-0.3, -0.25) is 4.79 Å². The third kappa shape index (κ3) is 2.26. The molecule has 1 aromatic carbocycles. The van der Waals surface area contributed by atoms with Gasteiger partial charge in [0.05, 0.1) is 12.7 Å². The van der Waals surface area contributed by atoms with E-state index in [0.29, 0.717) is 17.1 Å². The minimum atomic E-state index is -0.552. The van der Waals surface area contributed by atoms with E-state index in [-0.39, 0.29) is 17.1 Å². The molecule has 2 aromatic rings. The van der Waals surface area contributed by atoms with E-state index < -0.39 is 5.82 Å². The number of furan rings is 1. The van der Waals surface area contributed by atoms with Crippen molar-refractivity contribution in [1.82, 2.24) is 0 Å². The number of aryl methyl sites for hydroxylation is 2. The Hall–Kier alpha value is -2.10. The summed E-state index contributed by atoms with van der Waals surface area (Å²) in [5, 5.41) is 0. The smallest absolute Gasteiger partial charge is 0.196 e. The first kappa shape index (κ1) is 13.3. The lowest BCUT2D eigenvalue weighted by Gasteiger charge is -2.05. The Morgan fingerprint density at radius 2 is 1.89 bits per heavy atom. The van der Waals surface area contributed by atoms with Crippen LogP contribution in [-0.2, 0) is 0 Å². The lowest BCUT2D eigenvalue weighted by Crippen LogP contribution is -2.04. The van der Waals surface area contributed by atoms with Crippen molar-refractivity contribution in [2.45, 2.75) is 20.8 Å². The molecule has 3 nitrogen and oxygen atoms in total. The fraction of sp³-hybridized carbons (Fsp3) is 0.267. The summed E-state index contributed by atoms with van der Waals surface area (Å²) in [6, 6.07) is 4.17. The van der Waals surface area contributed by atoms with Crippen molar-refractivity contribution < 1.29 is 18.3 Å². The van der Waals surface area contributed by atoms with Crippen LogP contribution in [0.1, 0.15) is 33.0 Å². The van der Waals surface area contributed by atoms with Gasteiger partial charge in [0.2, 0.25) is 0 Å². The van der Waals surface area contributed by atoms with E-state index in [0.717, 1.165) is 5.56 Å². The maximum Gasteiger partial charge on any atom is 0.196 e. The Morgan fingerprint density at radius 1 is 1.21 bits per heavy atom. The maximum absolute atomic E-state index is 13.6. The zero-order valence-electron chi connectivity index (χ0n) is 11.3. The molecule has 0 amide bonds. The van der Waals surface area contributed by atoms with Crippen LogP contribution in [0, 0.1) is 26.6 Å². The van der Waals surface area contributed by atoms with Gasteiger partial charge in [0.1, 0.15) is 11.5 Å². The highest BCUT2D eigenvalue weighted by Gasteiger charge is 2.20. The molecular weight excluding hydrogens is 247 g/mol. The number of methoxy groups -OCH3 is 1. The molecule has 0 unspecified atom stereocenters. The predicted molar refractivity (Wildman–Crippen MR) is 69.3 cm³/mol. The second kappa shape index (κ2) is 4.88. The molecule has 0 fully saturated rings. The fourth-order valence-electron chi connectivity index (χ4n) is 2.08. The minimum absolute atomic E-state index is 0.119. The average molecular weight is 262 g/mol. The van der Waals surface area contributed by atoms with Gasteiger partial charge in [0.25, 0.3) is 0 Å². The molecule has 0 N–H and O–H groups in total. The molecule has 19 heavy (non-hydrogen) atoms. The number of rotatable bonds is 3. The van der Waals surface area contributed by atoms with Crippen LogP contribution in [0.4, 0.5) is 4.39 Å².